The predicted octanol–water partition coefficient (Wildman–Crippen LogP) is 3.06. The van der Waals surface area contributed by atoms with Crippen LogP contribution in [-0.2, 0) is 0 Å². The van der Waals surface area contributed by atoms with E-state index in [0.29, 0.717) is 17.1 Å². The van der Waals surface area contributed by atoms with E-state index in [9.17, 15) is 4.79 Å². The molecule has 1 heterocycles. The Bertz CT molecular complexity index is 869. The van der Waals surface area contributed by atoms with Crippen molar-refractivity contribution in [3.8, 4) is 5.88 Å². The summed E-state index contributed by atoms with van der Waals surface area (Å²) in [6.07, 6.45) is 0. The summed E-state index contributed by atoms with van der Waals surface area (Å²) in [6, 6.07) is 18.2. The van der Waals surface area contributed by atoms with E-state index in [0.717, 1.165) is 5.69 Å². The molecule has 3 rings (SSSR count). The number of para-hydroxylation sites is 1. The zero-order chi connectivity index (χ0) is 17.6. The molecule has 7 heteroatoms. The lowest BCUT2D eigenvalue weighted by Crippen LogP contribution is -2.16. The van der Waals surface area contributed by atoms with Crippen molar-refractivity contribution in [2.24, 2.45) is 0 Å². The molecule has 0 fully saturated rings. The average Bonchev–Trinajstić information content (AvgIpc) is 2.65. The molecule has 126 valence electrons. The van der Waals surface area contributed by atoms with Crippen molar-refractivity contribution in [2.45, 2.75) is 0 Å². The predicted molar refractivity (Wildman–Crippen MR) is 97.1 cm³/mol. The summed E-state index contributed by atoms with van der Waals surface area (Å²) in [5, 5.41) is 5.91. The Morgan fingerprint density at radius 3 is 2.28 bits per heavy atom. The van der Waals surface area contributed by atoms with Crippen LogP contribution in [0.4, 0.5) is 23.1 Å². The molecule has 0 saturated heterocycles. The fourth-order valence-electron chi connectivity index (χ4n) is 2.24. The molecule has 25 heavy (non-hydrogen) atoms. The van der Waals surface area contributed by atoms with Gasteiger partial charge in [-0.25, -0.2) is 0 Å². The first-order chi connectivity index (χ1) is 12.2. The first-order valence-corrected chi connectivity index (χ1v) is 7.57. The molecule has 7 nitrogen and oxygen atoms in total. The summed E-state index contributed by atoms with van der Waals surface area (Å²) in [5.41, 5.74) is 7.36. The van der Waals surface area contributed by atoms with E-state index in [-0.39, 0.29) is 17.7 Å². The fraction of sp³-hybridized carbons (Fsp3) is 0.0556. The maximum atomic E-state index is 12.5. The lowest BCUT2D eigenvalue weighted by molar-refractivity contribution is 0.102. The van der Waals surface area contributed by atoms with E-state index in [1.54, 1.807) is 24.3 Å². The number of benzene rings is 2. The maximum absolute atomic E-state index is 12.5. The number of nitrogen functional groups attached to an aromatic ring is 1. The van der Waals surface area contributed by atoms with E-state index in [1.807, 2.05) is 36.4 Å². The largest absolute Gasteiger partial charge is 0.479 e. The molecule has 0 spiro atoms. The number of anilines is 4. The molecule has 1 amide bonds. The fourth-order valence-corrected chi connectivity index (χ4v) is 2.24. The second-order valence-electron chi connectivity index (χ2n) is 5.13. The van der Waals surface area contributed by atoms with Crippen LogP contribution in [0.25, 0.3) is 0 Å². The van der Waals surface area contributed by atoms with Crippen molar-refractivity contribution in [1.82, 2.24) is 9.97 Å². The van der Waals surface area contributed by atoms with Gasteiger partial charge in [-0.15, -0.1) is 0 Å². The van der Waals surface area contributed by atoms with Gasteiger partial charge in [0.2, 0.25) is 11.8 Å². The first kappa shape index (κ1) is 16.3. The molecule has 0 bridgehead atoms. The topological polar surface area (TPSA) is 102 Å². The van der Waals surface area contributed by atoms with Gasteiger partial charge in [-0.2, -0.15) is 9.97 Å². The third-order valence-electron chi connectivity index (χ3n) is 3.40. The zero-order valence-electron chi connectivity index (χ0n) is 13.6. The van der Waals surface area contributed by atoms with Gasteiger partial charge in [0.15, 0.2) is 5.82 Å². The molecule has 4 N–H and O–H groups in total. The molecule has 0 atom stereocenters. The molecule has 0 radical (unpaired) electrons. The zero-order valence-corrected chi connectivity index (χ0v) is 13.6. The van der Waals surface area contributed by atoms with Crippen molar-refractivity contribution in [3.63, 3.8) is 0 Å². The summed E-state index contributed by atoms with van der Waals surface area (Å²) in [4.78, 5) is 20.7. The van der Waals surface area contributed by atoms with Gasteiger partial charge in [-0.3, -0.25) is 4.79 Å². The van der Waals surface area contributed by atoms with E-state index in [2.05, 4.69) is 20.6 Å². The number of carbonyl (C=O) groups excluding carboxylic acids is 1. The number of amides is 1. The Labute approximate surface area is 144 Å². The van der Waals surface area contributed by atoms with Crippen LogP contribution in [-0.4, -0.2) is 23.0 Å². The van der Waals surface area contributed by atoms with Gasteiger partial charge in [0.25, 0.3) is 5.91 Å². The van der Waals surface area contributed by atoms with Crippen molar-refractivity contribution in [1.29, 1.82) is 0 Å². The number of aromatic nitrogens is 2. The lowest BCUT2D eigenvalue weighted by Gasteiger charge is -2.15. The molecule has 0 aliphatic heterocycles. The van der Waals surface area contributed by atoms with Crippen molar-refractivity contribution in [2.75, 3.05) is 23.5 Å². The van der Waals surface area contributed by atoms with E-state index < -0.39 is 0 Å². The number of hydrogen-bond acceptors (Lipinski definition) is 6. The highest BCUT2D eigenvalue weighted by molar-refractivity contribution is 6.06. The smallest absolute Gasteiger partial charge is 0.255 e. The Balaban J connectivity index is 1.97. The molecule has 0 unspecified atom stereocenters. The highest BCUT2D eigenvalue weighted by Gasteiger charge is 2.18. The molecular formula is C18H17N5O2. The Hall–Kier alpha value is -3.61. The monoisotopic (exact) mass is 335 g/mol. The molecule has 0 aliphatic rings. The van der Waals surface area contributed by atoms with Crippen LogP contribution >= 0.6 is 0 Å². The summed E-state index contributed by atoms with van der Waals surface area (Å²) in [6.45, 7) is 0. The minimum atomic E-state index is -0.302. The van der Waals surface area contributed by atoms with Crippen molar-refractivity contribution >= 4 is 29.0 Å². The number of rotatable bonds is 5. The standard InChI is InChI=1S/C18H17N5O2/c1-25-17-14(21-16(24)12-8-4-2-5-9-12)15(22-18(19)23-17)20-13-10-6-3-7-11-13/h2-11H,1H3,(H,21,24)(H3,19,20,22,23). The second kappa shape index (κ2) is 7.31. The lowest BCUT2D eigenvalue weighted by atomic mass is 10.2. The summed E-state index contributed by atoms with van der Waals surface area (Å²) >= 11 is 0. The van der Waals surface area contributed by atoms with E-state index in [1.165, 1.54) is 7.11 Å². The van der Waals surface area contributed by atoms with Gasteiger partial charge in [0.1, 0.15) is 5.69 Å². The van der Waals surface area contributed by atoms with Gasteiger partial charge in [-0.05, 0) is 24.3 Å². The van der Waals surface area contributed by atoms with Gasteiger partial charge in [0.05, 0.1) is 7.11 Å². The third kappa shape index (κ3) is 3.84. The quantitative estimate of drug-likeness (QED) is 0.662. The van der Waals surface area contributed by atoms with Gasteiger partial charge in [-0.1, -0.05) is 36.4 Å². The van der Waals surface area contributed by atoms with Crippen LogP contribution in [0.5, 0.6) is 5.88 Å². The van der Waals surface area contributed by atoms with Crippen LogP contribution in [0, 0.1) is 0 Å². The van der Waals surface area contributed by atoms with Crippen LogP contribution < -0.4 is 21.1 Å². The minimum absolute atomic E-state index is 0.0352. The molecule has 1 aromatic heterocycles. The number of methoxy groups -OCH3 is 1. The summed E-state index contributed by atoms with van der Waals surface area (Å²) in [5.74, 6) is 0.256. The third-order valence-corrected chi connectivity index (χ3v) is 3.40. The van der Waals surface area contributed by atoms with Crippen LogP contribution in [0.2, 0.25) is 0 Å². The van der Waals surface area contributed by atoms with Crippen molar-refractivity contribution in [3.05, 3.63) is 66.2 Å². The number of nitrogens with zero attached hydrogens (tertiary/aromatic N) is 2. The molecule has 0 aliphatic carbocycles. The average molecular weight is 335 g/mol. The number of carbonyl (C=O) groups is 1. The van der Waals surface area contributed by atoms with Crippen molar-refractivity contribution < 1.29 is 9.53 Å². The first-order valence-electron chi connectivity index (χ1n) is 7.57. The highest BCUT2D eigenvalue weighted by Crippen LogP contribution is 2.32. The van der Waals surface area contributed by atoms with Gasteiger partial charge >= 0.3 is 0 Å². The Morgan fingerprint density at radius 2 is 1.64 bits per heavy atom. The molecule has 2 aromatic carbocycles. The Morgan fingerprint density at radius 1 is 1.00 bits per heavy atom. The Kier molecular flexibility index (Phi) is 4.75. The van der Waals surface area contributed by atoms with Crippen LogP contribution in [0.15, 0.2) is 60.7 Å². The normalized spacial score (nSPS) is 10.1. The van der Waals surface area contributed by atoms with Gasteiger partial charge in [0, 0.05) is 11.3 Å². The summed E-state index contributed by atoms with van der Waals surface area (Å²) in [7, 11) is 1.45. The number of nitrogens with two attached hydrogens (primary N) is 1. The van der Waals surface area contributed by atoms with E-state index >= 15 is 0 Å². The van der Waals surface area contributed by atoms with Gasteiger partial charge < -0.3 is 21.1 Å². The highest BCUT2D eigenvalue weighted by atomic mass is 16.5. The second-order valence-corrected chi connectivity index (χ2v) is 5.13. The van der Waals surface area contributed by atoms with E-state index in [4.69, 9.17) is 10.5 Å². The maximum Gasteiger partial charge on any atom is 0.255 e. The molecular weight excluding hydrogens is 318 g/mol. The summed E-state index contributed by atoms with van der Waals surface area (Å²) < 4.78 is 5.26. The van der Waals surface area contributed by atoms with Crippen LogP contribution in [0.3, 0.4) is 0 Å². The number of ether oxygens (including phenoxy) is 1. The number of hydrogen-bond donors (Lipinski definition) is 3. The molecule has 0 saturated carbocycles. The number of nitrogens with one attached hydrogen (secondary N) is 2. The SMILES string of the molecule is COc1nc(N)nc(Nc2ccccc2)c1NC(=O)c1ccccc1. The van der Waals surface area contributed by atoms with Crippen LogP contribution in [0.1, 0.15) is 10.4 Å². The molecule has 3 aromatic rings. The minimum Gasteiger partial charge on any atom is -0.479 e.